The van der Waals surface area contributed by atoms with Crippen molar-refractivity contribution in [2.45, 2.75) is 12.7 Å². The monoisotopic (exact) mass is 548 g/mol. The molecule has 0 aliphatic carbocycles. The summed E-state index contributed by atoms with van der Waals surface area (Å²) in [5.41, 5.74) is 1.28. The SMILES string of the molecule is CN/C(=C\N(N)c1cc(C(=O)Nc2cc(CN(C)C)cc(C(F)(F)F)c2)ccc1Cl)c1cncc(OC)c1. The van der Waals surface area contributed by atoms with E-state index >= 15 is 0 Å². The fraction of sp³-hybridized carbons (Fsp3) is 0.231. The molecule has 202 valence electrons. The van der Waals surface area contributed by atoms with E-state index in [0.717, 1.165) is 12.1 Å². The second kappa shape index (κ2) is 12.2. The van der Waals surface area contributed by atoms with Gasteiger partial charge in [0.05, 0.1) is 35.3 Å². The van der Waals surface area contributed by atoms with E-state index in [4.69, 9.17) is 22.2 Å². The predicted octanol–water partition coefficient (Wildman–Crippen LogP) is 4.97. The number of nitrogens with zero attached hydrogens (tertiary/aromatic N) is 3. The largest absolute Gasteiger partial charge is 0.495 e. The molecule has 0 atom stereocenters. The number of hydrogen-bond acceptors (Lipinski definition) is 7. The molecule has 3 rings (SSSR count). The van der Waals surface area contributed by atoms with Crippen LogP contribution in [0.25, 0.3) is 5.70 Å². The number of carbonyl (C=O) groups excluding carboxylic acids is 1. The van der Waals surface area contributed by atoms with Crippen LogP contribution < -0.4 is 26.2 Å². The maximum Gasteiger partial charge on any atom is 0.416 e. The Labute approximate surface area is 223 Å². The van der Waals surface area contributed by atoms with Crippen LogP contribution in [0.2, 0.25) is 5.02 Å². The lowest BCUT2D eigenvalue weighted by atomic mass is 10.1. The van der Waals surface area contributed by atoms with Gasteiger partial charge < -0.3 is 20.3 Å². The molecular weight excluding hydrogens is 521 g/mol. The minimum Gasteiger partial charge on any atom is -0.495 e. The summed E-state index contributed by atoms with van der Waals surface area (Å²) < 4.78 is 45.6. The van der Waals surface area contributed by atoms with Gasteiger partial charge in [-0.05, 0) is 62.1 Å². The van der Waals surface area contributed by atoms with Crippen LogP contribution in [-0.4, -0.2) is 44.0 Å². The average molecular weight is 549 g/mol. The van der Waals surface area contributed by atoms with Gasteiger partial charge in [0.25, 0.3) is 5.91 Å². The lowest BCUT2D eigenvalue weighted by Gasteiger charge is -2.19. The molecule has 0 bridgehead atoms. The Morgan fingerprint density at radius 3 is 2.50 bits per heavy atom. The number of benzene rings is 2. The Hall–Kier alpha value is -3.80. The maximum absolute atomic E-state index is 13.4. The third kappa shape index (κ3) is 7.37. The van der Waals surface area contributed by atoms with Crippen molar-refractivity contribution in [1.82, 2.24) is 15.2 Å². The average Bonchev–Trinajstić information content (AvgIpc) is 2.86. The molecule has 1 aromatic heterocycles. The molecule has 1 heterocycles. The number of methoxy groups -OCH3 is 1. The molecule has 0 saturated carbocycles. The van der Waals surface area contributed by atoms with Crippen LogP contribution in [0.15, 0.2) is 61.1 Å². The molecule has 8 nitrogen and oxygen atoms in total. The number of halogens is 4. The summed E-state index contributed by atoms with van der Waals surface area (Å²) in [7, 11) is 6.71. The Morgan fingerprint density at radius 1 is 1.13 bits per heavy atom. The molecule has 38 heavy (non-hydrogen) atoms. The number of nitrogens with two attached hydrogens (primary N) is 1. The molecule has 0 spiro atoms. The van der Waals surface area contributed by atoms with Crippen molar-refractivity contribution in [3.05, 3.63) is 88.3 Å². The number of pyridine rings is 1. The molecule has 0 aliphatic rings. The lowest BCUT2D eigenvalue weighted by Crippen LogP contribution is -2.27. The van der Waals surface area contributed by atoms with Crippen molar-refractivity contribution >= 4 is 34.6 Å². The summed E-state index contributed by atoms with van der Waals surface area (Å²) in [6.45, 7) is 0.267. The first-order valence-electron chi connectivity index (χ1n) is 11.3. The summed E-state index contributed by atoms with van der Waals surface area (Å²) in [6.07, 6.45) is 0.165. The second-order valence-electron chi connectivity index (χ2n) is 8.59. The van der Waals surface area contributed by atoms with Gasteiger partial charge in [-0.3, -0.25) is 14.8 Å². The van der Waals surface area contributed by atoms with E-state index in [1.165, 1.54) is 36.4 Å². The van der Waals surface area contributed by atoms with Crippen LogP contribution in [0.1, 0.15) is 27.0 Å². The normalized spacial score (nSPS) is 11.9. The van der Waals surface area contributed by atoms with E-state index in [2.05, 4.69) is 15.6 Å². The molecule has 2 aromatic carbocycles. The maximum atomic E-state index is 13.4. The third-order valence-electron chi connectivity index (χ3n) is 5.36. The Bertz CT molecular complexity index is 1330. The van der Waals surface area contributed by atoms with E-state index in [-0.39, 0.29) is 22.8 Å². The highest BCUT2D eigenvalue weighted by molar-refractivity contribution is 6.33. The number of hydrazine groups is 1. The standard InChI is InChI=1S/C26H28ClF3N6O2/c1-32-23(18-9-21(38-4)13-33-12-18)15-36(31)24-10-17(5-6-22(24)27)25(37)34-20-8-16(14-35(2)3)7-19(11-20)26(28,29)30/h5-13,15,32H,14,31H2,1-4H3,(H,34,37)/b23-15-. The van der Waals surface area contributed by atoms with Gasteiger partial charge in [-0.2, -0.15) is 13.2 Å². The van der Waals surface area contributed by atoms with Crippen molar-refractivity contribution in [2.24, 2.45) is 5.84 Å². The highest BCUT2D eigenvalue weighted by atomic mass is 35.5. The van der Waals surface area contributed by atoms with Crippen molar-refractivity contribution in [3.63, 3.8) is 0 Å². The highest BCUT2D eigenvalue weighted by Gasteiger charge is 2.31. The summed E-state index contributed by atoms with van der Waals surface area (Å²) in [5.74, 6) is 6.18. The zero-order chi connectivity index (χ0) is 28.0. The van der Waals surface area contributed by atoms with Gasteiger partial charge in [-0.15, -0.1) is 0 Å². The third-order valence-corrected chi connectivity index (χ3v) is 5.68. The number of rotatable bonds is 9. The van der Waals surface area contributed by atoms with Gasteiger partial charge in [0.2, 0.25) is 0 Å². The Morgan fingerprint density at radius 2 is 1.87 bits per heavy atom. The number of carbonyl (C=O) groups is 1. The van der Waals surface area contributed by atoms with Crippen molar-refractivity contribution < 1.29 is 22.7 Å². The molecule has 0 unspecified atom stereocenters. The number of hydrogen-bond donors (Lipinski definition) is 3. The topological polar surface area (TPSA) is 95.8 Å². The van der Waals surface area contributed by atoms with Crippen LogP contribution in [-0.2, 0) is 12.7 Å². The Kier molecular flexibility index (Phi) is 9.21. The van der Waals surface area contributed by atoms with Crippen molar-refractivity contribution in [2.75, 3.05) is 38.6 Å². The van der Waals surface area contributed by atoms with Crippen molar-refractivity contribution in [3.8, 4) is 5.75 Å². The van der Waals surface area contributed by atoms with Gasteiger partial charge in [-0.25, -0.2) is 5.84 Å². The summed E-state index contributed by atoms with van der Waals surface area (Å²) in [6, 6.07) is 9.60. The van der Waals surface area contributed by atoms with Crippen LogP contribution >= 0.6 is 11.6 Å². The molecule has 1 amide bonds. The van der Waals surface area contributed by atoms with Gasteiger partial charge in [0.15, 0.2) is 0 Å². The van der Waals surface area contributed by atoms with Gasteiger partial charge >= 0.3 is 6.18 Å². The quantitative estimate of drug-likeness (QED) is 0.256. The Balaban J connectivity index is 1.90. The van der Waals surface area contributed by atoms with Gasteiger partial charge in [0, 0.05) is 42.8 Å². The first kappa shape index (κ1) is 28.8. The van der Waals surface area contributed by atoms with Gasteiger partial charge in [0.1, 0.15) is 5.75 Å². The smallest absolute Gasteiger partial charge is 0.416 e. The second-order valence-corrected chi connectivity index (χ2v) is 9.00. The number of alkyl halides is 3. The summed E-state index contributed by atoms with van der Waals surface area (Å²) in [4.78, 5) is 18.9. The van der Waals surface area contributed by atoms with E-state index < -0.39 is 17.6 Å². The minimum absolute atomic E-state index is 0.0191. The van der Waals surface area contributed by atoms with E-state index in [9.17, 15) is 18.0 Å². The molecule has 3 aromatic rings. The molecule has 0 fully saturated rings. The van der Waals surface area contributed by atoms with E-state index in [1.807, 2.05) is 0 Å². The number of anilines is 2. The van der Waals surface area contributed by atoms with E-state index in [1.54, 1.807) is 50.7 Å². The highest BCUT2D eigenvalue weighted by Crippen LogP contribution is 2.33. The number of nitrogens with one attached hydrogen (secondary N) is 2. The van der Waals surface area contributed by atoms with Gasteiger partial charge in [-0.1, -0.05) is 11.6 Å². The zero-order valence-electron chi connectivity index (χ0n) is 21.2. The first-order chi connectivity index (χ1) is 17.9. The minimum atomic E-state index is -4.56. The fourth-order valence-electron chi connectivity index (χ4n) is 3.61. The lowest BCUT2D eigenvalue weighted by molar-refractivity contribution is -0.137. The number of amides is 1. The molecule has 0 saturated heterocycles. The van der Waals surface area contributed by atoms with Crippen LogP contribution in [0.5, 0.6) is 5.75 Å². The molecule has 0 radical (unpaired) electrons. The van der Waals surface area contributed by atoms with Crippen LogP contribution in [0.3, 0.4) is 0 Å². The van der Waals surface area contributed by atoms with Crippen molar-refractivity contribution in [1.29, 1.82) is 0 Å². The fourth-order valence-corrected chi connectivity index (χ4v) is 3.82. The number of aromatic nitrogens is 1. The van der Waals surface area contributed by atoms with E-state index in [0.29, 0.717) is 28.3 Å². The number of ether oxygens (including phenoxy) is 1. The first-order valence-corrected chi connectivity index (χ1v) is 11.7. The predicted molar refractivity (Wildman–Crippen MR) is 143 cm³/mol. The molecule has 4 N–H and O–H groups in total. The zero-order valence-corrected chi connectivity index (χ0v) is 22.0. The molecule has 12 heteroatoms. The summed E-state index contributed by atoms with van der Waals surface area (Å²) >= 11 is 6.35. The molecule has 0 aliphatic heterocycles. The van der Waals surface area contributed by atoms with Crippen LogP contribution in [0.4, 0.5) is 24.5 Å². The summed E-state index contributed by atoms with van der Waals surface area (Å²) in [5, 5.41) is 7.06. The molecular formula is C26H28ClF3N6O2. The van der Waals surface area contributed by atoms with Crippen LogP contribution in [0, 0.1) is 0 Å².